The van der Waals surface area contributed by atoms with Crippen LogP contribution in [0.1, 0.15) is 53.5 Å². The van der Waals surface area contributed by atoms with Crippen molar-refractivity contribution in [2.45, 2.75) is 39.4 Å². The molecule has 1 aliphatic rings. The van der Waals surface area contributed by atoms with Gasteiger partial charge in [0, 0.05) is 38.3 Å². The third-order valence-corrected chi connectivity index (χ3v) is 5.70. The molecule has 0 saturated carbocycles. The van der Waals surface area contributed by atoms with Gasteiger partial charge in [-0.15, -0.1) is 0 Å². The van der Waals surface area contributed by atoms with Gasteiger partial charge in [-0.2, -0.15) is 0 Å². The van der Waals surface area contributed by atoms with Crippen molar-refractivity contribution in [3.63, 3.8) is 0 Å². The van der Waals surface area contributed by atoms with Crippen molar-refractivity contribution in [2.75, 3.05) is 39.3 Å². The Balaban J connectivity index is 1.39. The predicted octanol–water partition coefficient (Wildman–Crippen LogP) is 3.04. The molecule has 9 heteroatoms. The molecule has 1 fully saturated rings. The van der Waals surface area contributed by atoms with E-state index in [9.17, 15) is 14.4 Å². The molecule has 3 amide bonds. The van der Waals surface area contributed by atoms with E-state index in [1.807, 2.05) is 26.8 Å². The Morgan fingerprint density at radius 2 is 1.72 bits per heavy atom. The summed E-state index contributed by atoms with van der Waals surface area (Å²) in [4.78, 5) is 40.4. The minimum absolute atomic E-state index is 0.149. The van der Waals surface area contributed by atoms with Crippen LogP contribution in [0.3, 0.4) is 0 Å². The maximum atomic E-state index is 12.6. The van der Waals surface area contributed by atoms with Gasteiger partial charge in [0.1, 0.15) is 18.0 Å². The predicted molar refractivity (Wildman–Crippen MR) is 137 cm³/mol. The molecule has 1 saturated heterocycles. The van der Waals surface area contributed by atoms with Gasteiger partial charge in [-0.05, 0) is 63.6 Å². The number of hydrogen-bond donors (Lipinski definition) is 2. The third kappa shape index (κ3) is 8.27. The van der Waals surface area contributed by atoms with Crippen LogP contribution < -0.4 is 15.8 Å². The SMILES string of the molecule is CC(C)(C)OC(=O)N1CCN(CCCNC(=O)c2cccc(COc3ccccc3C(N)=O)c2)CC1. The third-order valence-electron chi connectivity index (χ3n) is 5.70. The van der Waals surface area contributed by atoms with E-state index < -0.39 is 11.5 Å². The molecule has 2 aromatic carbocycles. The molecule has 0 bridgehead atoms. The van der Waals surface area contributed by atoms with Crippen LogP contribution in [0.25, 0.3) is 0 Å². The largest absolute Gasteiger partial charge is 0.488 e. The van der Waals surface area contributed by atoms with Crippen LogP contribution in [0, 0.1) is 0 Å². The van der Waals surface area contributed by atoms with Crippen LogP contribution in [-0.4, -0.2) is 72.6 Å². The standard InChI is InChI=1S/C27H36N4O5/c1-27(2,3)36-26(34)31-16-14-30(15-17-31)13-7-12-29-25(33)21-9-6-8-20(18-21)19-35-23-11-5-4-10-22(23)24(28)32/h4-6,8-11,18H,7,12-17,19H2,1-3H3,(H2,28,32)(H,29,33). The van der Waals surface area contributed by atoms with Crippen LogP contribution in [0.4, 0.5) is 4.79 Å². The zero-order valence-electron chi connectivity index (χ0n) is 21.3. The van der Waals surface area contributed by atoms with E-state index in [1.54, 1.807) is 47.4 Å². The number of nitrogens with two attached hydrogens (primary N) is 1. The van der Waals surface area contributed by atoms with Gasteiger partial charge in [0.15, 0.2) is 0 Å². The van der Waals surface area contributed by atoms with E-state index >= 15 is 0 Å². The van der Waals surface area contributed by atoms with Gasteiger partial charge in [-0.3, -0.25) is 14.5 Å². The van der Waals surface area contributed by atoms with Gasteiger partial charge in [-0.1, -0.05) is 24.3 Å². The number of rotatable bonds is 9. The first kappa shape index (κ1) is 27.0. The second-order valence-corrected chi connectivity index (χ2v) is 9.77. The summed E-state index contributed by atoms with van der Waals surface area (Å²) in [7, 11) is 0. The second-order valence-electron chi connectivity index (χ2n) is 9.77. The molecule has 1 aliphatic heterocycles. The maximum absolute atomic E-state index is 12.6. The summed E-state index contributed by atoms with van der Waals surface area (Å²) in [5, 5.41) is 2.96. The van der Waals surface area contributed by atoms with E-state index in [-0.39, 0.29) is 18.6 Å². The van der Waals surface area contributed by atoms with Gasteiger partial charge in [-0.25, -0.2) is 4.79 Å². The van der Waals surface area contributed by atoms with E-state index in [2.05, 4.69) is 10.2 Å². The Morgan fingerprint density at radius 1 is 1.00 bits per heavy atom. The van der Waals surface area contributed by atoms with Gasteiger partial charge in [0.25, 0.3) is 11.8 Å². The molecule has 194 valence electrons. The highest BCUT2D eigenvalue weighted by atomic mass is 16.6. The summed E-state index contributed by atoms with van der Waals surface area (Å²) in [6.07, 6.45) is 0.546. The molecular weight excluding hydrogens is 460 g/mol. The Kier molecular flexibility index (Phi) is 9.30. The fourth-order valence-electron chi connectivity index (χ4n) is 3.85. The second kappa shape index (κ2) is 12.4. The lowest BCUT2D eigenvalue weighted by molar-refractivity contribution is 0.0144. The van der Waals surface area contributed by atoms with Crippen LogP contribution in [-0.2, 0) is 11.3 Å². The first-order chi connectivity index (χ1) is 17.1. The van der Waals surface area contributed by atoms with Crippen molar-refractivity contribution < 1.29 is 23.9 Å². The number of primary amides is 1. The zero-order chi connectivity index (χ0) is 26.1. The summed E-state index contributed by atoms with van der Waals surface area (Å²) < 4.78 is 11.2. The lowest BCUT2D eigenvalue weighted by Gasteiger charge is -2.35. The summed E-state index contributed by atoms with van der Waals surface area (Å²) in [6.45, 7) is 10.1. The van der Waals surface area contributed by atoms with Crippen molar-refractivity contribution >= 4 is 17.9 Å². The number of ether oxygens (including phenoxy) is 2. The molecule has 0 unspecified atom stereocenters. The normalized spacial score (nSPS) is 14.2. The fraction of sp³-hybridized carbons (Fsp3) is 0.444. The van der Waals surface area contributed by atoms with Crippen molar-refractivity contribution in [3.8, 4) is 5.75 Å². The van der Waals surface area contributed by atoms with Crippen molar-refractivity contribution in [3.05, 3.63) is 65.2 Å². The average molecular weight is 497 g/mol. The first-order valence-corrected chi connectivity index (χ1v) is 12.2. The molecule has 9 nitrogen and oxygen atoms in total. The first-order valence-electron chi connectivity index (χ1n) is 12.2. The molecule has 0 aliphatic carbocycles. The number of amides is 3. The summed E-state index contributed by atoms with van der Waals surface area (Å²) in [6, 6.07) is 14.0. The molecule has 0 spiro atoms. The Bertz CT molecular complexity index is 1060. The molecule has 0 aromatic heterocycles. The Labute approximate surface area is 212 Å². The van der Waals surface area contributed by atoms with Crippen molar-refractivity contribution in [1.82, 2.24) is 15.1 Å². The Morgan fingerprint density at radius 3 is 2.42 bits per heavy atom. The lowest BCUT2D eigenvalue weighted by atomic mass is 10.1. The molecule has 3 N–H and O–H groups in total. The van der Waals surface area contributed by atoms with Gasteiger partial charge in [0.05, 0.1) is 5.56 Å². The smallest absolute Gasteiger partial charge is 0.410 e. The quantitative estimate of drug-likeness (QED) is 0.516. The molecule has 3 rings (SSSR count). The molecule has 0 radical (unpaired) electrons. The summed E-state index contributed by atoms with van der Waals surface area (Å²) in [5.74, 6) is -0.292. The molecule has 0 atom stereocenters. The van der Waals surface area contributed by atoms with E-state index in [4.69, 9.17) is 15.2 Å². The minimum atomic E-state index is -0.552. The minimum Gasteiger partial charge on any atom is -0.488 e. The van der Waals surface area contributed by atoms with Crippen molar-refractivity contribution in [1.29, 1.82) is 0 Å². The van der Waals surface area contributed by atoms with E-state index in [0.29, 0.717) is 36.5 Å². The number of carbonyl (C=O) groups is 3. The van der Waals surface area contributed by atoms with Crippen LogP contribution in [0.5, 0.6) is 5.75 Å². The number of benzene rings is 2. The van der Waals surface area contributed by atoms with Gasteiger partial charge in [0.2, 0.25) is 0 Å². The maximum Gasteiger partial charge on any atom is 0.410 e. The highest BCUT2D eigenvalue weighted by Gasteiger charge is 2.25. The van der Waals surface area contributed by atoms with E-state index in [1.165, 1.54) is 0 Å². The number of piperazine rings is 1. The van der Waals surface area contributed by atoms with Gasteiger partial charge < -0.3 is 25.4 Å². The number of nitrogens with one attached hydrogen (secondary N) is 1. The van der Waals surface area contributed by atoms with Crippen LogP contribution in [0.15, 0.2) is 48.5 Å². The van der Waals surface area contributed by atoms with Crippen LogP contribution in [0.2, 0.25) is 0 Å². The molecule has 36 heavy (non-hydrogen) atoms. The fourth-order valence-corrected chi connectivity index (χ4v) is 3.85. The molecule has 1 heterocycles. The van der Waals surface area contributed by atoms with E-state index in [0.717, 1.165) is 31.6 Å². The molecular formula is C27H36N4O5. The zero-order valence-corrected chi connectivity index (χ0v) is 21.3. The summed E-state index contributed by atoms with van der Waals surface area (Å²) >= 11 is 0. The monoisotopic (exact) mass is 496 g/mol. The highest BCUT2D eigenvalue weighted by Crippen LogP contribution is 2.19. The van der Waals surface area contributed by atoms with Crippen molar-refractivity contribution in [2.24, 2.45) is 5.73 Å². The number of hydrogen-bond acceptors (Lipinski definition) is 6. The summed E-state index contributed by atoms with van der Waals surface area (Å²) in [5.41, 5.74) is 6.58. The Hall–Kier alpha value is -3.59. The van der Waals surface area contributed by atoms with Crippen LogP contribution >= 0.6 is 0 Å². The highest BCUT2D eigenvalue weighted by molar-refractivity contribution is 5.95. The average Bonchev–Trinajstić information content (AvgIpc) is 2.85. The van der Waals surface area contributed by atoms with Gasteiger partial charge >= 0.3 is 6.09 Å². The number of carbonyl (C=O) groups excluding carboxylic acids is 3. The topological polar surface area (TPSA) is 114 Å². The number of nitrogens with zero attached hydrogens (tertiary/aromatic N) is 2. The molecule has 2 aromatic rings. The lowest BCUT2D eigenvalue weighted by Crippen LogP contribution is -2.50. The number of para-hydroxylation sites is 1.